The molecule has 0 amide bonds. The molecule has 0 unspecified atom stereocenters. The van der Waals surface area contributed by atoms with Crippen LogP contribution in [0.25, 0.3) is 0 Å². The van der Waals surface area contributed by atoms with Crippen molar-refractivity contribution in [3.8, 4) is 5.75 Å². The Labute approximate surface area is 77.2 Å². The van der Waals surface area contributed by atoms with Crippen molar-refractivity contribution in [2.45, 2.75) is 13.3 Å². The van der Waals surface area contributed by atoms with Gasteiger partial charge in [0.15, 0.2) is 11.9 Å². The van der Waals surface area contributed by atoms with Crippen LogP contribution in [-0.4, -0.2) is 15.0 Å². The van der Waals surface area contributed by atoms with Crippen LogP contribution in [0.3, 0.4) is 0 Å². The first kappa shape index (κ1) is 10.3. The normalized spacial score (nSPS) is 10.6. The van der Waals surface area contributed by atoms with Crippen LogP contribution in [0.1, 0.15) is 17.6 Å². The van der Waals surface area contributed by atoms with E-state index in [1.807, 2.05) is 0 Å². The lowest BCUT2D eigenvalue weighted by molar-refractivity contribution is -0.390. The Balaban J connectivity index is 3.41. The molecule has 0 saturated heterocycles. The third kappa shape index (κ3) is 1.61. The van der Waals surface area contributed by atoms with E-state index in [1.54, 1.807) is 0 Å². The second kappa shape index (κ2) is 3.52. The minimum Gasteiger partial charge on any atom is -0.504 e. The van der Waals surface area contributed by atoms with E-state index in [2.05, 4.69) is 4.98 Å². The van der Waals surface area contributed by atoms with Crippen molar-refractivity contribution in [1.82, 2.24) is 4.98 Å². The van der Waals surface area contributed by atoms with Crippen LogP contribution in [0.2, 0.25) is 0 Å². The highest BCUT2D eigenvalue weighted by Gasteiger charge is 2.24. The molecular formula is C7H6F2N2O3. The molecule has 0 aliphatic rings. The molecule has 1 rings (SSSR count). The molecule has 0 fully saturated rings. The van der Waals surface area contributed by atoms with Crippen LogP contribution in [0, 0.1) is 17.0 Å². The van der Waals surface area contributed by atoms with E-state index in [1.165, 1.54) is 0 Å². The zero-order chi connectivity index (χ0) is 10.9. The number of pyridine rings is 1. The molecular weight excluding hydrogens is 198 g/mol. The van der Waals surface area contributed by atoms with Gasteiger partial charge in [-0.2, -0.15) is 0 Å². The Kier molecular flexibility index (Phi) is 2.59. The van der Waals surface area contributed by atoms with Gasteiger partial charge in [0.2, 0.25) is 0 Å². The Hall–Kier alpha value is -1.79. The van der Waals surface area contributed by atoms with Crippen molar-refractivity contribution < 1.29 is 18.8 Å². The summed E-state index contributed by atoms with van der Waals surface area (Å²) in [6.07, 6.45) is -2.32. The fourth-order valence-corrected chi connectivity index (χ4v) is 1.06. The predicted octanol–water partition coefficient (Wildman–Crippen LogP) is 1.94. The molecule has 14 heavy (non-hydrogen) atoms. The summed E-state index contributed by atoms with van der Waals surface area (Å²) < 4.78 is 24.6. The van der Waals surface area contributed by atoms with Crippen molar-refractivity contribution >= 4 is 5.82 Å². The van der Waals surface area contributed by atoms with Gasteiger partial charge in [-0.05, 0) is 16.8 Å². The smallest absolute Gasteiger partial charge is 0.367 e. The van der Waals surface area contributed by atoms with Crippen molar-refractivity contribution in [2.24, 2.45) is 0 Å². The summed E-state index contributed by atoms with van der Waals surface area (Å²) >= 11 is 0. The first-order valence-corrected chi connectivity index (χ1v) is 3.56. The van der Waals surface area contributed by atoms with Gasteiger partial charge < -0.3 is 15.2 Å². The van der Waals surface area contributed by atoms with Gasteiger partial charge in [0.25, 0.3) is 6.43 Å². The summed E-state index contributed by atoms with van der Waals surface area (Å²) in [6.45, 7) is 1.12. The first-order valence-electron chi connectivity index (χ1n) is 3.56. The highest BCUT2D eigenvalue weighted by atomic mass is 19.3. The summed E-state index contributed by atoms with van der Waals surface area (Å²) in [5, 5.41) is 19.3. The molecule has 1 heterocycles. The molecule has 0 aliphatic heterocycles. The summed E-state index contributed by atoms with van der Waals surface area (Å²) in [7, 11) is 0. The highest BCUT2D eigenvalue weighted by molar-refractivity contribution is 5.46. The molecule has 5 nitrogen and oxygen atoms in total. The van der Waals surface area contributed by atoms with Gasteiger partial charge >= 0.3 is 5.82 Å². The number of nitro groups is 1. The molecule has 0 atom stereocenters. The van der Waals surface area contributed by atoms with E-state index < -0.39 is 28.5 Å². The fourth-order valence-electron chi connectivity index (χ4n) is 1.06. The van der Waals surface area contributed by atoms with E-state index in [9.17, 15) is 18.9 Å². The number of aromatic nitrogens is 1. The largest absolute Gasteiger partial charge is 0.504 e. The number of alkyl halides is 2. The number of rotatable bonds is 2. The summed E-state index contributed by atoms with van der Waals surface area (Å²) in [5.74, 6) is -1.40. The van der Waals surface area contributed by atoms with Crippen LogP contribution in [0.4, 0.5) is 14.6 Å². The van der Waals surface area contributed by atoms with Crippen LogP contribution < -0.4 is 0 Å². The molecule has 0 saturated carbocycles. The predicted molar refractivity (Wildman–Crippen MR) is 42.3 cm³/mol. The first-order chi connectivity index (χ1) is 6.45. The van der Waals surface area contributed by atoms with Crippen LogP contribution in [-0.2, 0) is 0 Å². The molecule has 0 radical (unpaired) electrons. The lowest BCUT2D eigenvalue weighted by Crippen LogP contribution is -2.00. The molecule has 0 aliphatic carbocycles. The zero-order valence-electron chi connectivity index (χ0n) is 7.07. The molecule has 1 aromatic rings. The van der Waals surface area contributed by atoms with Gasteiger partial charge in [-0.25, -0.2) is 8.78 Å². The van der Waals surface area contributed by atoms with E-state index in [0.717, 1.165) is 6.92 Å². The second-order valence-corrected chi connectivity index (χ2v) is 2.56. The van der Waals surface area contributed by atoms with Crippen LogP contribution in [0.15, 0.2) is 6.20 Å². The van der Waals surface area contributed by atoms with Crippen molar-refractivity contribution in [2.75, 3.05) is 0 Å². The van der Waals surface area contributed by atoms with Gasteiger partial charge in [0.1, 0.15) is 0 Å². The molecule has 76 valence electrons. The van der Waals surface area contributed by atoms with E-state index in [0.29, 0.717) is 6.20 Å². The second-order valence-electron chi connectivity index (χ2n) is 2.56. The fraction of sp³-hybridized carbons (Fsp3) is 0.286. The zero-order valence-corrected chi connectivity index (χ0v) is 7.07. The average molecular weight is 204 g/mol. The number of hydrogen-bond acceptors (Lipinski definition) is 4. The molecule has 0 bridgehead atoms. The number of nitrogens with zero attached hydrogens (tertiary/aromatic N) is 2. The number of halogens is 2. The third-order valence-electron chi connectivity index (χ3n) is 1.72. The topological polar surface area (TPSA) is 76.3 Å². The minimum atomic E-state index is -2.96. The lowest BCUT2D eigenvalue weighted by Gasteiger charge is -2.05. The summed E-state index contributed by atoms with van der Waals surface area (Å²) in [4.78, 5) is 12.7. The summed E-state index contributed by atoms with van der Waals surface area (Å²) in [6, 6.07) is 0. The highest BCUT2D eigenvalue weighted by Crippen LogP contribution is 2.33. The van der Waals surface area contributed by atoms with Gasteiger partial charge in [0.05, 0.1) is 11.1 Å². The Morgan fingerprint density at radius 3 is 2.64 bits per heavy atom. The van der Waals surface area contributed by atoms with Gasteiger partial charge in [-0.15, -0.1) is 0 Å². The van der Waals surface area contributed by atoms with Crippen LogP contribution >= 0.6 is 0 Å². The van der Waals surface area contributed by atoms with E-state index >= 15 is 0 Å². The maximum atomic E-state index is 12.3. The Morgan fingerprint density at radius 2 is 2.21 bits per heavy atom. The quantitative estimate of drug-likeness (QED) is 0.589. The number of hydrogen-bond donors (Lipinski definition) is 1. The number of aromatic hydroxyl groups is 1. The van der Waals surface area contributed by atoms with E-state index in [4.69, 9.17) is 5.11 Å². The third-order valence-corrected chi connectivity index (χ3v) is 1.72. The van der Waals surface area contributed by atoms with Crippen LogP contribution in [0.5, 0.6) is 5.75 Å². The van der Waals surface area contributed by atoms with Gasteiger partial charge in [0, 0.05) is 0 Å². The van der Waals surface area contributed by atoms with Crippen molar-refractivity contribution in [1.29, 1.82) is 0 Å². The average Bonchev–Trinajstić information content (AvgIpc) is 2.02. The maximum Gasteiger partial charge on any atom is 0.367 e. The monoisotopic (exact) mass is 204 g/mol. The maximum absolute atomic E-state index is 12.3. The SMILES string of the molecule is Cc1c([N+](=O)[O-])ncc(O)c1C(F)F. The molecule has 7 heteroatoms. The molecule has 0 spiro atoms. The Morgan fingerprint density at radius 1 is 1.64 bits per heavy atom. The molecule has 0 aromatic carbocycles. The standard InChI is InChI=1S/C7H6F2N2O3/c1-3-5(6(8)9)4(12)2-10-7(3)11(13)14/h2,6,12H,1H3. The minimum absolute atomic E-state index is 0.315. The lowest BCUT2D eigenvalue weighted by atomic mass is 10.1. The molecule has 1 N–H and O–H groups in total. The van der Waals surface area contributed by atoms with E-state index in [-0.39, 0.29) is 5.56 Å². The van der Waals surface area contributed by atoms with Gasteiger partial charge in [-0.1, -0.05) is 0 Å². The van der Waals surface area contributed by atoms with Crippen molar-refractivity contribution in [3.05, 3.63) is 27.4 Å². The molecule has 1 aromatic heterocycles. The Bertz CT molecular complexity index is 381. The summed E-state index contributed by atoms with van der Waals surface area (Å²) in [5.41, 5.74) is -1.06. The van der Waals surface area contributed by atoms with Gasteiger partial charge in [-0.3, -0.25) is 0 Å². The van der Waals surface area contributed by atoms with Crippen molar-refractivity contribution in [3.63, 3.8) is 0 Å².